The Morgan fingerprint density at radius 2 is 1.91 bits per heavy atom. The third-order valence-electron chi connectivity index (χ3n) is 5.91. The number of amides is 1. The molecular formula is C21H21ClFN7O2. The molecule has 2 aliphatic rings. The second kappa shape index (κ2) is 8.34. The maximum atomic E-state index is 13.1. The number of carbonyl (C=O) groups excluding carboxylic acids is 1. The van der Waals surface area contributed by atoms with E-state index in [2.05, 4.69) is 20.2 Å². The number of hydrogen-bond acceptors (Lipinski definition) is 7. The van der Waals surface area contributed by atoms with Gasteiger partial charge in [-0.25, -0.2) is 19.2 Å². The molecule has 3 aromatic rings. The van der Waals surface area contributed by atoms with E-state index in [0.717, 1.165) is 43.0 Å². The van der Waals surface area contributed by atoms with E-state index in [1.54, 1.807) is 4.90 Å². The van der Waals surface area contributed by atoms with E-state index in [4.69, 9.17) is 16.3 Å². The molecule has 1 amide bonds. The Kier molecular flexibility index (Phi) is 5.38. The molecule has 1 aromatic carbocycles. The van der Waals surface area contributed by atoms with Crippen molar-refractivity contribution in [1.82, 2.24) is 29.6 Å². The van der Waals surface area contributed by atoms with Gasteiger partial charge in [-0.05, 0) is 36.6 Å². The van der Waals surface area contributed by atoms with Crippen LogP contribution in [0.4, 0.5) is 15.1 Å². The van der Waals surface area contributed by atoms with Crippen molar-refractivity contribution in [2.24, 2.45) is 0 Å². The molecule has 11 heteroatoms. The molecule has 5 rings (SSSR count). The number of nitrogens with zero attached hydrogens (tertiary/aromatic N) is 7. The van der Waals surface area contributed by atoms with Gasteiger partial charge in [0.1, 0.15) is 5.82 Å². The van der Waals surface area contributed by atoms with Crippen molar-refractivity contribution in [3.05, 3.63) is 58.6 Å². The molecule has 0 unspecified atom stereocenters. The lowest BCUT2D eigenvalue weighted by atomic mass is 9.95. The quantitative estimate of drug-likeness (QED) is 0.583. The van der Waals surface area contributed by atoms with Crippen LogP contribution >= 0.6 is 11.6 Å². The number of rotatable bonds is 2. The number of halogens is 2. The molecule has 0 bridgehead atoms. The molecule has 0 radical (unpaired) electrons. The van der Waals surface area contributed by atoms with Crippen LogP contribution in [0.3, 0.4) is 0 Å². The summed E-state index contributed by atoms with van der Waals surface area (Å²) in [7, 11) is 1.36. The highest BCUT2D eigenvalue weighted by Gasteiger charge is 2.31. The SMILES string of the molecule is COC(=O)N1Cc2cc(Cl)ccc2-n2c(nnc2C2CCN(c3ncc(F)cn3)CC2)C1. The van der Waals surface area contributed by atoms with Crippen LogP contribution in [0, 0.1) is 5.82 Å². The maximum absolute atomic E-state index is 13.1. The summed E-state index contributed by atoms with van der Waals surface area (Å²) >= 11 is 6.25. The van der Waals surface area contributed by atoms with E-state index in [0.29, 0.717) is 23.3 Å². The molecule has 9 nitrogen and oxygen atoms in total. The van der Waals surface area contributed by atoms with Gasteiger partial charge in [0.2, 0.25) is 5.95 Å². The highest BCUT2D eigenvalue weighted by molar-refractivity contribution is 6.30. The number of benzene rings is 1. The fourth-order valence-electron chi connectivity index (χ4n) is 4.36. The van der Waals surface area contributed by atoms with Gasteiger partial charge in [0.25, 0.3) is 0 Å². The first-order valence-electron chi connectivity index (χ1n) is 10.3. The van der Waals surface area contributed by atoms with Crippen molar-refractivity contribution < 1.29 is 13.9 Å². The Labute approximate surface area is 188 Å². The molecule has 1 saturated heterocycles. The van der Waals surface area contributed by atoms with Crippen molar-refractivity contribution >= 4 is 23.6 Å². The Balaban J connectivity index is 1.45. The number of fused-ring (bicyclic) bond motifs is 3. The average Bonchev–Trinajstić information content (AvgIpc) is 3.15. The van der Waals surface area contributed by atoms with Crippen molar-refractivity contribution in [3.63, 3.8) is 0 Å². The lowest BCUT2D eigenvalue weighted by Crippen LogP contribution is -2.35. The van der Waals surface area contributed by atoms with Gasteiger partial charge in [0.05, 0.1) is 38.3 Å². The summed E-state index contributed by atoms with van der Waals surface area (Å²) in [5.41, 5.74) is 1.82. The lowest BCUT2D eigenvalue weighted by Gasteiger charge is -2.31. The normalized spacial score (nSPS) is 16.3. The predicted octanol–water partition coefficient (Wildman–Crippen LogP) is 3.32. The zero-order chi connectivity index (χ0) is 22.2. The Bertz CT molecular complexity index is 1150. The van der Waals surface area contributed by atoms with Gasteiger partial charge in [0, 0.05) is 24.0 Å². The van der Waals surface area contributed by atoms with Crippen LogP contribution in [-0.4, -0.2) is 55.9 Å². The molecule has 2 aliphatic heterocycles. The van der Waals surface area contributed by atoms with E-state index in [-0.39, 0.29) is 12.5 Å². The Morgan fingerprint density at radius 1 is 1.16 bits per heavy atom. The number of methoxy groups -OCH3 is 1. The second-order valence-electron chi connectivity index (χ2n) is 7.87. The van der Waals surface area contributed by atoms with Crippen molar-refractivity contribution in [2.45, 2.75) is 31.8 Å². The molecule has 2 aromatic heterocycles. The predicted molar refractivity (Wildman–Crippen MR) is 114 cm³/mol. The smallest absolute Gasteiger partial charge is 0.410 e. The van der Waals surface area contributed by atoms with Crippen LogP contribution in [0.1, 0.15) is 36.0 Å². The molecule has 4 heterocycles. The molecule has 0 spiro atoms. The van der Waals surface area contributed by atoms with E-state index in [1.165, 1.54) is 19.5 Å². The van der Waals surface area contributed by atoms with Gasteiger partial charge in [-0.2, -0.15) is 0 Å². The summed E-state index contributed by atoms with van der Waals surface area (Å²) in [5, 5.41) is 9.53. The van der Waals surface area contributed by atoms with Crippen LogP contribution in [0.15, 0.2) is 30.6 Å². The first kappa shape index (κ1) is 20.6. The third-order valence-corrected chi connectivity index (χ3v) is 6.15. The minimum absolute atomic E-state index is 0.168. The summed E-state index contributed by atoms with van der Waals surface area (Å²) in [6.07, 6.45) is 3.58. The number of piperidine rings is 1. The van der Waals surface area contributed by atoms with Gasteiger partial charge in [-0.1, -0.05) is 11.6 Å². The molecule has 0 aliphatic carbocycles. The highest BCUT2D eigenvalue weighted by Crippen LogP contribution is 2.34. The van der Waals surface area contributed by atoms with E-state index in [9.17, 15) is 9.18 Å². The minimum Gasteiger partial charge on any atom is -0.453 e. The van der Waals surface area contributed by atoms with Crippen LogP contribution in [0.25, 0.3) is 5.69 Å². The van der Waals surface area contributed by atoms with Gasteiger partial charge >= 0.3 is 6.09 Å². The van der Waals surface area contributed by atoms with Crippen LogP contribution in [0.2, 0.25) is 5.02 Å². The van der Waals surface area contributed by atoms with Crippen molar-refractivity contribution in [1.29, 1.82) is 0 Å². The van der Waals surface area contributed by atoms with Gasteiger partial charge < -0.3 is 9.64 Å². The molecule has 0 saturated carbocycles. The zero-order valence-corrected chi connectivity index (χ0v) is 18.2. The largest absolute Gasteiger partial charge is 0.453 e. The summed E-state index contributed by atoms with van der Waals surface area (Å²) < 4.78 is 20.1. The van der Waals surface area contributed by atoms with Gasteiger partial charge in [-0.3, -0.25) is 9.47 Å². The Hall–Kier alpha value is -3.27. The molecule has 166 valence electrons. The highest BCUT2D eigenvalue weighted by atomic mass is 35.5. The molecule has 32 heavy (non-hydrogen) atoms. The minimum atomic E-state index is -0.449. The summed E-state index contributed by atoms with van der Waals surface area (Å²) in [6.45, 7) is 2.10. The van der Waals surface area contributed by atoms with Crippen molar-refractivity contribution in [3.8, 4) is 5.69 Å². The molecule has 0 atom stereocenters. The fraction of sp³-hybridized carbons (Fsp3) is 0.381. The summed E-state index contributed by atoms with van der Waals surface area (Å²) in [6, 6.07) is 5.63. The topological polar surface area (TPSA) is 89.3 Å². The Morgan fingerprint density at radius 3 is 2.62 bits per heavy atom. The van der Waals surface area contributed by atoms with Crippen molar-refractivity contribution in [2.75, 3.05) is 25.1 Å². The monoisotopic (exact) mass is 457 g/mol. The van der Waals surface area contributed by atoms with Gasteiger partial charge in [-0.15, -0.1) is 10.2 Å². The molecule has 0 N–H and O–H groups in total. The average molecular weight is 458 g/mol. The number of ether oxygens (including phenoxy) is 1. The molecule has 1 fully saturated rings. The van der Waals surface area contributed by atoms with Crippen LogP contribution in [0.5, 0.6) is 0 Å². The number of aromatic nitrogens is 5. The first-order chi connectivity index (χ1) is 15.5. The van der Waals surface area contributed by atoms with E-state index in [1.807, 2.05) is 27.7 Å². The summed E-state index contributed by atoms with van der Waals surface area (Å²) in [5.74, 6) is 1.78. The first-order valence-corrected chi connectivity index (χ1v) is 10.7. The van der Waals surface area contributed by atoms with Crippen LogP contribution in [-0.2, 0) is 17.8 Å². The standard InChI is InChI=1S/C21H21ClFN7O2/c1-32-21(31)29-11-14-8-15(22)2-3-17(14)30-18(12-29)26-27-19(30)13-4-6-28(7-5-13)20-24-9-16(23)10-25-20/h2-3,8-10,13H,4-7,11-12H2,1H3. The number of carbonyl (C=O) groups is 1. The maximum Gasteiger partial charge on any atom is 0.410 e. The van der Waals surface area contributed by atoms with E-state index < -0.39 is 11.9 Å². The number of hydrogen-bond donors (Lipinski definition) is 0. The third kappa shape index (κ3) is 3.75. The lowest BCUT2D eigenvalue weighted by molar-refractivity contribution is 0.117. The fourth-order valence-corrected chi connectivity index (χ4v) is 4.55. The number of anilines is 1. The van der Waals surface area contributed by atoms with Gasteiger partial charge in [0.15, 0.2) is 11.6 Å². The summed E-state index contributed by atoms with van der Waals surface area (Å²) in [4.78, 5) is 24.1. The van der Waals surface area contributed by atoms with Crippen LogP contribution < -0.4 is 4.90 Å². The zero-order valence-electron chi connectivity index (χ0n) is 17.4. The second-order valence-corrected chi connectivity index (χ2v) is 8.31. The van der Waals surface area contributed by atoms with E-state index >= 15 is 0 Å². The molecular weight excluding hydrogens is 437 g/mol.